The van der Waals surface area contributed by atoms with Gasteiger partial charge in [-0.1, -0.05) is 0 Å². The lowest BCUT2D eigenvalue weighted by molar-refractivity contribution is -0.117. The van der Waals surface area contributed by atoms with E-state index in [0.29, 0.717) is 24.7 Å². The van der Waals surface area contributed by atoms with Gasteiger partial charge in [0.1, 0.15) is 0 Å². The van der Waals surface area contributed by atoms with Crippen LogP contribution in [0.4, 0.5) is 5.82 Å². The summed E-state index contributed by atoms with van der Waals surface area (Å²) in [5.74, 6) is 3.39. The molecule has 0 spiro atoms. The van der Waals surface area contributed by atoms with Crippen LogP contribution in [0.2, 0.25) is 0 Å². The van der Waals surface area contributed by atoms with Crippen LogP contribution in [0, 0.1) is 18.3 Å². The predicted molar refractivity (Wildman–Crippen MR) is 57.9 cm³/mol. The number of rotatable bonds is 2. The fourth-order valence-electron chi connectivity index (χ4n) is 1.61. The van der Waals surface area contributed by atoms with Crippen molar-refractivity contribution in [1.29, 1.82) is 0 Å². The van der Waals surface area contributed by atoms with Gasteiger partial charge in [0, 0.05) is 18.9 Å². The Labute approximate surface area is 93.5 Å². The van der Waals surface area contributed by atoms with Crippen LogP contribution in [0.3, 0.4) is 0 Å². The van der Waals surface area contributed by atoms with E-state index in [-0.39, 0.29) is 11.8 Å². The Kier molecular flexibility index (Phi) is 2.73. The van der Waals surface area contributed by atoms with E-state index in [9.17, 15) is 4.79 Å². The average Bonchev–Trinajstić information content (AvgIpc) is 2.71. The summed E-state index contributed by atoms with van der Waals surface area (Å²) < 4.78 is 4.95. The number of ether oxygens (including phenoxy) is 1. The first-order valence-corrected chi connectivity index (χ1v) is 4.87. The fourth-order valence-corrected chi connectivity index (χ4v) is 1.61. The molecule has 0 aliphatic carbocycles. The van der Waals surface area contributed by atoms with Crippen molar-refractivity contribution in [2.45, 2.75) is 6.42 Å². The average molecular weight is 217 g/mol. The Morgan fingerprint density at radius 3 is 3.06 bits per heavy atom. The molecule has 1 aliphatic rings. The SMILES string of the molecule is C#CC1CC(=O)N(c2cncc(OC)n2)C1. The van der Waals surface area contributed by atoms with Crippen molar-refractivity contribution in [3.63, 3.8) is 0 Å². The highest BCUT2D eigenvalue weighted by atomic mass is 16.5. The van der Waals surface area contributed by atoms with Gasteiger partial charge in [-0.3, -0.25) is 14.7 Å². The first kappa shape index (κ1) is 10.4. The molecule has 1 atom stereocenters. The van der Waals surface area contributed by atoms with E-state index in [0.717, 1.165) is 0 Å². The lowest BCUT2D eigenvalue weighted by atomic mass is 10.1. The monoisotopic (exact) mass is 217 g/mol. The second-order valence-electron chi connectivity index (χ2n) is 3.49. The maximum atomic E-state index is 11.7. The van der Waals surface area contributed by atoms with Crippen molar-refractivity contribution in [3.8, 4) is 18.2 Å². The summed E-state index contributed by atoms with van der Waals surface area (Å²) in [6, 6.07) is 0. The minimum absolute atomic E-state index is 0.0227. The van der Waals surface area contributed by atoms with E-state index >= 15 is 0 Å². The van der Waals surface area contributed by atoms with Crippen molar-refractivity contribution < 1.29 is 9.53 Å². The van der Waals surface area contributed by atoms with E-state index in [4.69, 9.17) is 11.2 Å². The van der Waals surface area contributed by atoms with Crippen LogP contribution >= 0.6 is 0 Å². The minimum atomic E-state index is -0.0412. The summed E-state index contributed by atoms with van der Waals surface area (Å²) in [6.45, 7) is 0.497. The highest BCUT2D eigenvalue weighted by molar-refractivity contribution is 5.95. The molecule has 82 valence electrons. The molecule has 0 N–H and O–H groups in total. The van der Waals surface area contributed by atoms with Crippen LogP contribution in [-0.4, -0.2) is 29.5 Å². The first-order chi connectivity index (χ1) is 7.74. The second kappa shape index (κ2) is 4.19. The van der Waals surface area contributed by atoms with Crippen molar-refractivity contribution in [3.05, 3.63) is 12.4 Å². The molecule has 1 aromatic rings. The highest BCUT2D eigenvalue weighted by Gasteiger charge is 2.30. The Morgan fingerprint density at radius 2 is 2.44 bits per heavy atom. The maximum Gasteiger partial charge on any atom is 0.234 e. The van der Waals surface area contributed by atoms with Gasteiger partial charge in [0.2, 0.25) is 11.8 Å². The van der Waals surface area contributed by atoms with E-state index in [2.05, 4.69) is 15.9 Å². The zero-order valence-corrected chi connectivity index (χ0v) is 8.88. The predicted octanol–water partition coefficient (Wildman–Crippen LogP) is 0.471. The third-order valence-corrected chi connectivity index (χ3v) is 2.45. The van der Waals surface area contributed by atoms with Crippen LogP contribution < -0.4 is 9.64 Å². The fraction of sp³-hybridized carbons (Fsp3) is 0.364. The summed E-state index contributed by atoms with van der Waals surface area (Å²) in [5.41, 5.74) is 0. The number of amides is 1. The number of methoxy groups -OCH3 is 1. The normalized spacial score (nSPS) is 19.6. The number of anilines is 1. The molecule has 1 aliphatic heterocycles. The number of carbonyl (C=O) groups is 1. The molecule has 5 heteroatoms. The van der Waals surface area contributed by atoms with Crippen LogP contribution in [0.1, 0.15) is 6.42 Å². The van der Waals surface area contributed by atoms with Gasteiger partial charge in [-0.05, 0) is 0 Å². The lowest BCUT2D eigenvalue weighted by Crippen LogP contribution is -2.25. The molecule has 0 aromatic carbocycles. The molecule has 0 saturated carbocycles. The Balaban J connectivity index is 2.24. The zero-order chi connectivity index (χ0) is 11.5. The Morgan fingerprint density at radius 1 is 1.62 bits per heavy atom. The van der Waals surface area contributed by atoms with Crippen molar-refractivity contribution in [2.24, 2.45) is 5.92 Å². The number of carbonyl (C=O) groups excluding carboxylic acids is 1. The van der Waals surface area contributed by atoms with Crippen LogP contribution in [0.5, 0.6) is 5.88 Å². The van der Waals surface area contributed by atoms with Crippen LogP contribution in [0.25, 0.3) is 0 Å². The topological polar surface area (TPSA) is 55.3 Å². The molecule has 1 fully saturated rings. The third-order valence-electron chi connectivity index (χ3n) is 2.45. The molecule has 16 heavy (non-hydrogen) atoms. The molecule has 1 unspecified atom stereocenters. The lowest BCUT2D eigenvalue weighted by Gasteiger charge is -2.14. The Bertz CT molecular complexity index is 453. The summed E-state index contributed by atoms with van der Waals surface area (Å²) in [5, 5.41) is 0. The standard InChI is InChI=1S/C11H11N3O2/c1-3-8-4-11(15)14(7-8)9-5-12-6-10(13-9)16-2/h1,5-6,8H,4,7H2,2H3. The molecule has 1 saturated heterocycles. The molecule has 1 amide bonds. The van der Waals surface area contributed by atoms with E-state index in [1.54, 1.807) is 4.90 Å². The highest BCUT2D eigenvalue weighted by Crippen LogP contribution is 2.23. The zero-order valence-electron chi connectivity index (χ0n) is 8.88. The quantitative estimate of drug-likeness (QED) is 0.676. The van der Waals surface area contributed by atoms with Gasteiger partial charge in [-0.25, -0.2) is 0 Å². The first-order valence-electron chi connectivity index (χ1n) is 4.87. The number of hydrogen-bond acceptors (Lipinski definition) is 4. The van der Waals surface area contributed by atoms with Crippen molar-refractivity contribution >= 4 is 11.7 Å². The summed E-state index contributed by atoms with van der Waals surface area (Å²) in [4.78, 5) is 21.3. The van der Waals surface area contributed by atoms with E-state index < -0.39 is 0 Å². The van der Waals surface area contributed by atoms with Gasteiger partial charge in [0.05, 0.1) is 19.5 Å². The van der Waals surface area contributed by atoms with Crippen molar-refractivity contribution in [1.82, 2.24) is 9.97 Å². The third kappa shape index (κ3) is 1.82. The molecule has 0 bridgehead atoms. The number of hydrogen-bond donors (Lipinski definition) is 0. The van der Waals surface area contributed by atoms with Crippen LogP contribution in [-0.2, 0) is 4.79 Å². The molecule has 2 heterocycles. The molecular weight excluding hydrogens is 206 g/mol. The summed E-state index contributed by atoms with van der Waals surface area (Å²) >= 11 is 0. The van der Waals surface area contributed by atoms with Gasteiger partial charge < -0.3 is 4.74 Å². The van der Waals surface area contributed by atoms with E-state index in [1.807, 2.05) is 0 Å². The molecule has 2 rings (SSSR count). The van der Waals surface area contributed by atoms with Gasteiger partial charge >= 0.3 is 0 Å². The van der Waals surface area contributed by atoms with Gasteiger partial charge in [0.25, 0.3) is 0 Å². The molecule has 1 aromatic heterocycles. The largest absolute Gasteiger partial charge is 0.480 e. The summed E-state index contributed by atoms with van der Waals surface area (Å²) in [6.07, 6.45) is 8.69. The van der Waals surface area contributed by atoms with E-state index in [1.165, 1.54) is 19.5 Å². The second-order valence-corrected chi connectivity index (χ2v) is 3.49. The number of terminal acetylenes is 1. The number of aromatic nitrogens is 2. The molecular formula is C11H11N3O2. The molecule has 0 radical (unpaired) electrons. The van der Waals surface area contributed by atoms with Gasteiger partial charge in [-0.2, -0.15) is 4.98 Å². The number of nitrogens with zero attached hydrogens (tertiary/aromatic N) is 3. The van der Waals surface area contributed by atoms with Crippen LogP contribution in [0.15, 0.2) is 12.4 Å². The van der Waals surface area contributed by atoms with Gasteiger partial charge in [-0.15, -0.1) is 12.3 Å². The smallest absolute Gasteiger partial charge is 0.234 e. The Hall–Kier alpha value is -2.09. The minimum Gasteiger partial charge on any atom is -0.480 e. The van der Waals surface area contributed by atoms with Crippen molar-refractivity contribution in [2.75, 3.05) is 18.6 Å². The molecule has 5 nitrogen and oxygen atoms in total. The maximum absolute atomic E-state index is 11.7. The van der Waals surface area contributed by atoms with Gasteiger partial charge in [0.15, 0.2) is 5.82 Å². The summed E-state index contributed by atoms with van der Waals surface area (Å²) in [7, 11) is 1.50.